The van der Waals surface area contributed by atoms with Gasteiger partial charge in [-0.15, -0.1) is 0 Å². The Morgan fingerprint density at radius 1 is 1.47 bits per heavy atom. The van der Waals surface area contributed by atoms with E-state index in [1.54, 1.807) is 13.0 Å². The first kappa shape index (κ1) is 11.9. The van der Waals surface area contributed by atoms with Gasteiger partial charge in [-0.05, 0) is 31.4 Å². The fourth-order valence-electron chi connectivity index (χ4n) is 1.99. The molecule has 1 fully saturated rings. The minimum atomic E-state index is -0.330. The maximum atomic E-state index is 10.7. The molecule has 0 spiro atoms. The van der Waals surface area contributed by atoms with Crippen molar-refractivity contribution >= 4 is 11.4 Å². The summed E-state index contributed by atoms with van der Waals surface area (Å²) in [5, 5.41) is 10.7. The van der Waals surface area contributed by atoms with E-state index in [2.05, 4.69) is 4.90 Å². The lowest BCUT2D eigenvalue weighted by molar-refractivity contribution is -0.385. The Morgan fingerprint density at radius 3 is 2.71 bits per heavy atom. The molecule has 0 atom stereocenters. The molecule has 0 amide bonds. The van der Waals surface area contributed by atoms with Crippen LogP contribution in [0.2, 0.25) is 0 Å². The molecule has 1 aromatic carbocycles. The van der Waals surface area contributed by atoms with Gasteiger partial charge in [-0.2, -0.15) is 0 Å². The van der Waals surface area contributed by atoms with Crippen molar-refractivity contribution in [1.82, 2.24) is 0 Å². The second-order valence-electron chi connectivity index (χ2n) is 4.88. The van der Waals surface area contributed by atoms with Crippen LogP contribution in [0.4, 0.5) is 11.4 Å². The topological polar surface area (TPSA) is 46.4 Å². The second kappa shape index (κ2) is 4.73. The van der Waals surface area contributed by atoms with Crippen LogP contribution < -0.4 is 4.90 Å². The zero-order valence-electron chi connectivity index (χ0n) is 10.3. The van der Waals surface area contributed by atoms with Crippen LogP contribution in [0.15, 0.2) is 18.2 Å². The molecule has 92 valence electrons. The fourth-order valence-corrected chi connectivity index (χ4v) is 1.99. The Bertz CT molecular complexity index is 427. The van der Waals surface area contributed by atoms with E-state index in [0.717, 1.165) is 23.7 Å². The third-order valence-electron chi connectivity index (χ3n) is 3.39. The molecule has 1 saturated carbocycles. The second-order valence-corrected chi connectivity index (χ2v) is 4.88. The molecule has 0 aliphatic heterocycles. The van der Waals surface area contributed by atoms with E-state index in [1.807, 2.05) is 19.2 Å². The van der Waals surface area contributed by atoms with Crippen LogP contribution in [-0.4, -0.2) is 18.5 Å². The third-order valence-corrected chi connectivity index (χ3v) is 3.39. The van der Waals surface area contributed by atoms with Gasteiger partial charge in [-0.25, -0.2) is 0 Å². The van der Waals surface area contributed by atoms with Crippen molar-refractivity contribution in [2.75, 3.05) is 18.5 Å². The van der Waals surface area contributed by atoms with Crippen molar-refractivity contribution in [1.29, 1.82) is 0 Å². The van der Waals surface area contributed by atoms with Crippen molar-refractivity contribution in [3.8, 4) is 0 Å². The molecule has 4 nitrogen and oxygen atoms in total. The van der Waals surface area contributed by atoms with Crippen LogP contribution in [0.1, 0.15) is 24.8 Å². The number of rotatable bonds is 5. The van der Waals surface area contributed by atoms with E-state index >= 15 is 0 Å². The summed E-state index contributed by atoms with van der Waals surface area (Å²) < 4.78 is 0. The smallest absolute Gasteiger partial charge is 0.272 e. The molecular weight excluding hydrogens is 216 g/mol. The lowest BCUT2D eigenvalue weighted by atomic mass is 10.1. The maximum absolute atomic E-state index is 10.7. The van der Waals surface area contributed by atoms with Crippen molar-refractivity contribution in [2.45, 2.75) is 26.2 Å². The Balaban J connectivity index is 2.04. The van der Waals surface area contributed by atoms with Crippen LogP contribution in [-0.2, 0) is 0 Å². The zero-order chi connectivity index (χ0) is 12.4. The number of nitro groups is 1. The largest absolute Gasteiger partial charge is 0.375 e. The first-order valence-electron chi connectivity index (χ1n) is 6.04. The van der Waals surface area contributed by atoms with Gasteiger partial charge in [0.2, 0.25) is 0 Å². The SMILES string of the molecule is Cc1cc(N(C)CCC2CC2)ccc1[N+](=O)[O-]. The first-order chi connectivity index (χ1) is 8.08. The average Bonchev–Trinajstić information content (AvgIpc) is 3.09. The Kier molecular flexibility index (Phi) is 3.31. The Morgan fingerprint density at radius 2 is 2.18 bits per heavy atom. The molecule has 1 aromatic rings. The quantitative estimate of drug-likeness (QED) is 0.580. The summed E-state index contributed by atoms with van der Waals surface area (Å²) in [6, 6.07) is 5.32. The molecule has 0 aromatic heterocycles. The third kappa shape index (κ3) is 2.96. The van der Waals surface area contributed by atoms with Crippen LogP contribution in [0, 0.1) is 23.0 Å². The summed E-state index contributed by atoms with van der Waals surface area (Å²) in [6.07, 6.45) is 3.97. The predicted molar refractivity (Wildman–Crippen MR) is 68.4 cm³/mol. The Hall–Kier alpha value is -1.58. The van der Waals surface area contributed by atoms with E-state index in [1.165, 1.54) is 19.3 Å². The van der Waals surface area contributed by atoms with E-state index in [0.29, 0.717) is 0 Å². The van der Waals surface area contributed by atoms with Gasteiger partial charge in [0.15, 0.2) is 0 Å². The summed E-state index contributed by atoms with van der Waals surface area (Å²) in [5.41, 5.74) is 1.99. The van der Waals surface area contributed by atoms with Crippen LogP contribution in [0.3, 0.4) is 0 Å². The first-order valence-corrected chi connectivity index (χ1v) is 6.04. The van der Waals surface area contributed by atoms with Gasteiger partial charge in [0.1, 0.15) is 0 Å². The fraction of sp³-hybridized carbons (Fsp3) is 0.538. The van der Waals surface area contributed by atoms with Crippen molar-refractivity contribution in [3.05, 3.63) is 33.9 Å². The van der Waals surface area contributed by atoms with Crippen LogP contribution >= 0.6 is 0 Å². The van der Waals surface area contributed by atoms with Gasteiger partial charge in [-0.1, -0.05) is 12.8 Å². The average molecular weight is 234 g/mol. The number of hydrogen-bond donors (Lipinski definition) is 0. The predicted octanol–water partition coefficient (Wildman–Crippen LogP) is 3.14. The summed E-state index contributed by atoms with van der Waals surface area (Å²) in [7, 11) is 2.04. The molecular formula is C13H18N2O2. The monoisotopic (exact) mass is 234 g/mol. The highest BCUT2D eigenvalue weighted by Crippen LogP contribution is 2.33. The highest BCUT2D eigenvalue weighted by atomic mass is 16.6. The standard InChI is InChI=1S/C13H18N2O2/c1-10-9-12(5-6-13(10)15(16)17)14(2)8-7-11-3-4-11/h5-6,9,11H,3-4,7-8H2,1-2H3. The van der Waals surface area contributed by atoms with Gasteiger partial charge in [-0.3, -0.25) is 10.1 Å². The summed E-state index contributed by atoms with van der Waals surface area (Å²) in [5.74, 6) is 0.914. The lowest BCUT2D eigenvalue weighted by Crippen LogP contribution is -2.19. The zero-order valence-corrected chi connectivity index (χ0v) is 10.3. The van der Waals surface area contributed by atoms with Gasteiger partial charge >= 0.3 is 0 Å². The van der Waals surface area contributed by atoms with Crippen LogP contribution in [0.25, 0.3) is 0 Å². The molecule has 0 saturated heterocycles. The number of nitro benzene ring substituents is 1. The molecule has 0 heterocycles. The molecule has 0 bridgehead atoms. The van der Waals surface area contributed by atoms with Crippen molar-refractivity contribution in [2.24, 2.45) is 5.92 Å². The molecule has 1 aliphatic rings. The number of anilines is 1. The number of nitrogens with zero attached hydrogens (tertiary/aromatic N) is 2. The van der Waals surface area contributed by atoms with Gasteiger partial charge in [0, 0.05) is 30.9 Å². The summed E-state index contributed by atoms with van der Waals surface area (Å²) >= 11 is 0. The van der Waals surface area contributed by atoms with E-state index in [-0.39, 0.29) is 10.6 Å². The Labute approximate surface area is 101 Å². The van der Waals surface area contributed by atoms with E-state index in [4.69, 9.17) is 0 Å². The molecule has 0 radical (unpaired) electrons. The molecule has 1 aliphatic carbocycles. The maximum Gasteiger partial charge on any atom is 0.272 e. The van der Waals surface area contributed by atoms with Crippen LogP contribution in [0.5, 0.6) is 0 Å². The molecule has 0 unspecified atom stereocenters. The van der Waals surface area contributed by atoms with E-state index < -0.39 is 0 Å². The van der Waals surface area contributed by atoms with Gasteiger partial charge in [0.25, 0.3) is 5.69 Å². The number of aryl methyl sites for hydroxylation is 1. The molecule has 0 N–H and O–H groups in total. The van der Waals surface area contributed by atoms with Gasteiger partial charge in [0.05, 0.1) is 4.92 Å². The normalized spacial score (nSPS) is 14.7. The highest BCUT2D eigenvalue weighted by Gasteiger charge is 2.21. The van der Waals surface area contributed by atoms with E-state index in [9.17, 15) is 10.1 Å². The lowest BCUT2D eigenvalue weighted by Gasteiger charge is -2.19. The minimum absolute atomic E-state index is 0.198. The van der Waals surface area contributed by atoms with Gasteiger partial charge < -0.3 is 4.90 Å². The molecule has 2 rings (SSSR count). The number of hydrogen-bond acceptors (Lipinski definition) is 3. The minimum Gasteiger partial charge on any atom is -0.375 e. The number of benzene rings is 1. The van der Waals surface area contributed by atoms with Crippen molar-refractivity contribution in [3.63, 3.8) is 0 Å². The summed E-state index contributed by atoms with van der Waals surface area (Å²) in [4.78, 5) is 12.6. The highest BCUT2D eigenvalue weighted by molar-refractivity contribution is 5.54. The molecule has 4 heteroatoms. The molecule has 17 heavy (non-hydrogen) atoms. The summed E-state index contributed by atoms with van der Waals surface area (Å²) in [6.45, 7) is 2.82. The van der Waals surface area contributed by atoms with Crippen molar-refractivity contribution < 1.29 is 4.92 Å².